The van der Waals surface area contributed by atoms with Gasteiger partial charge >= 0.3 is 0 Å². The van der Waals surface area contributed by atoms with Crippen molar-refractivity contribution in [2.24, 2.45) is 0 Å². The minimum absolute atomic E-state index is 0.201. The first-order valence-electron chi connectivity index (χ1n) is 23.0. The summed E-state index contributed by atoms with van der Waals surface area (Å²) < 4.78 is 57.9. The number of sulfone groups is 2. The zero-order valence-electron chi connectivity index (χ0n) is 37.6. The van der Waals surface area contributed by atoms with Crippen molar-refractivity contribution in [3.63, 3.8) is 0 Å². The van der Waals surface area contributed by atoms with Crippen LogP contribution in [0.2, 0.25) is 0 Å². The smallest absolute Gasteiger partial charge is 0.210 e. The highest BCUT2D eigenvalue weighted by Gasteiger charge is 2.44. The van der Waals surface area contributed by atoms with E-state index in [2.05, 4.69) is 144 Å². The quantitative estimate of drug-likeness (QED) is 0.105. The van der Waals surface area contributed by atoms with Gasteiger partial charge in [0.25, 0.3) is 0 Å². The van der Waals surface area contributed by atoms with Crippen LogP contribution in [-0.4, -0.2) is 24.9 Å². The summed E-state index contributed by atoms with van der Waals surface area (Å²) in [5, 5.41) is 4.37. The fourth-order valence-electron chi connectivity index (χ4n) is 10.4. The number of benzene rings is 10. The molecule has 0 aromatic heterocycles. The SMILES string of the molecule is O=S1(=O)c2ccccc2N(c2cc(N3c4ccccc4S(=O)(=O)c4ccccc43)cc([Si](c3ccccc3)(c3ccccc3)c3ccc(N(c4ccccc4)c4ccccc4)cc3)c2)c2ccccc21. The van der Waals surface area contributed by atoms with E-state index in [0.717, 1.165) is 37.8 Å². The highest BCUT2D eigenvalue weighted by molar-refractivity contribution is 7.92. The van der Waals surface area contributed by atoms with Gasteiger partial charge in [-0.25, -0.2) is 16.8 Å². The number of nitrogens with zero attached hydrogens (tertiary/aromatic N) is 3. The van der Waals surface area contributed by atoms with Crippen LogP contribution >= 0.6 is 0 Å². The van der Waals surface area contributed by atoms with Crippen LogP contribution < -0.4 is 35.4 Å². The van der Waals surface area contributed by atoms with Gasteiger partial charge in [-0.15, -0.1) is 0 Å². The van der Waals surface area contributed by atoms with Crippen molar-refractivity contribution < 1.29 is 16.8 Å². The number of anilines is 9. The van der Waals surface area contributed by atoms with Crippen LogP contribution in [0.3, 0.4) is 0 Å². The molecular weight excluding hydrogens is 919 g/mol. The molecule has 0 spiro atoms. The van der Waals surface area contributed by atoms with Crippen LogP contribution in [0.5, 0.6) is 0 Å². The van der Waals surface area contributed by atoms with Gasteiger partial charge in [-0.1, -0.05) is 158 Å². The molecule has 338 valence electrons. The van der Waals surface area contributed by atoms with Crippen molar-refractivity contribution in [3.05, 3.63) is 261 Å². The Morgan fingerprint density at radius 1 is 0.286 bits per heavy atom. The lowest BCUT2D eigenvalue weighted by Gasteiger charge is -2.39. The second kappa shape index (κ2) is 17.0. The van der Waals surface area contributed by atoms with Gasteiger partial charge in [0.2, 0.25) is 19.7 Å². The Bertz CT molecular complexity index is 3500. The maximum Gasteiger partial charge on any atom is 0.210 e. The Morgan fingerprint density at radius 2 is 0.571 bits per heavy atom. The lowest BCUT2D eigenvalue weighted by Crippen LogP contribution is -2.74. The van der Waals surface area contributed by atoms with Gasteiger partial charge in [0, 0.05) is 28.4 Å². The molecule has 12 rings (SSSR count). The summed E-state index contributed by atoms with van der Waals surface area (Å²) in [5.74, 6) is 0. The van der Waals surface area contributed by atoms with Crippen molar-refractivity contribution in [1.82, 2.24) is 0 Å². The number of para-hydroxylation sites is 6. The summed E-state index contributed by atoms with van der Waals surface area (Å²) in [7, 11) is -11.2. The van der Waals surface area contributed by atoms with Crippen molar-refractivity contribution in [3.8, 4) is 0 Å². The van der Waals surface area contributed by atoms with E-state index in [1.807, 2.05) is 82.6 Å². The number of hydrogen-bond acceptors (Lipinski definition) is 7. The first-order chi connectivity index (χ1) is 34.3. The molecule has 0 unspecified atom stereocenters. The van der Waals surface area contributed by atoms with Crippen LogP contribution in [0.25, 0.3) is 0 Å². The molecule has 0 N–H and O–H groups in total. The first kappa shape index (κ1) is 43.0. The van der Waals surface area contributed by atoms with Gasteiger partial charge in [-0.2, -0.15) is 0 Å². The van der Waals surface area contributed by atoms with Gasteiger partial charge in [0.1, 0.15) is 0 Å². The third-order valence-electron chi connectivity index (χ3n) is 13.4. The maximum absolute atomic E-state index is 14.5. The summed E-state index contributed by atoms with van der Waals surface area (Å²) in [6.45, 7) is 0. The molecule has 70 heavy (non-hydrogen) atoms. The molecule has 0 bridgehead atoms. The van der Waals surface area contributed by atoms with Gasteiger partial charge < -0.3 is 14.7 Å². The average molecular weight is 962 g/mol. The van der Waals surface area contributed by atoms with Crippen molar-refractivity contribution >= 4 is 99.7 Å². The van der Waals surface area contributed by atoms with E-state index in [4.69, 9.17) is 0 Å². The highest BCUT2D eigenvalue weighted by atomic mass is 32.2. The molecule has 0 saturated heterocycles. The van der Waals surface area contributed by atoms with Gasteiger partial charge in [0.15, 0.2) is 8.07 Å². The van der Waals surface area contributed by atoms with E-state index in [1.54, 1.807) is 48.5 Å². The minimum Gasteiger partial charge on any atom is -0.311 e. The minimum atomic E-state index is -3.90. The fourth-order valence-corrected chi connectivity index (χ4v) is 18.5. The van der Waals surface area contributed by atoms with E-state index in [1.165, 1.54) is 0 Å². The molecule has 0 atom stereocenters. The van der Waals surface area contributed by atoms with Gasteiger partial charge in [-0.3, -0.25) is 0 Å². The second-order valence-corrected chi connectivity index (χ2v) is 24.9. The molecule has 2 aliphatic rings. The maximum atomic E-state index is 14.5. The predicted octanol–water partition coefficient (Wildman–Crippen LogP) is 11.8. The molecule has 0 aliphatic carbocycles. The van der Waals surface area contributed by atoms with Crippen LogP contribution in [-0.2, 0) is 19.7 Å². The summed E-state index contributed by atoms with van der Waals surface area (Å²) in [6.07, 6.45) is 0. The third kappa shape index (κ3) is 6.82. The molecule has 0 radical (unpaired) electrons. The summed E-state index contributed by atoms with van der Waals surface area (Å²) >= 11 is 0. The van der Waals surface area contributed by atoms with Crippen LogP contribution in [0.4, 0.5) is 51.2 Å². The van der Waals surface area contributed by atoms with E-state index >= 15 is 0 Å². The topological polar surface area (TPSA) is 78.0 Å². The summed E-state index contributed by atoms with van der Waals surface area (Å²) in [5.41, 5.74) is 6.55. The van der Waals surface area contributed by atoms with E-state index < -0.39 is 27.7 Å². The molecular formula is C60H43N3O4S2Si. The molecule has 2 aliphatic heterocycles. The fraction of sp³-hybridized carbons (Fsp3) is 0. The molecule has 10 aromatic rings. The van der Waals surface area contributed by atoms with Gasteiger partial charge in [-0.05, 0) is 124 Å². The molecule has 2 heterocycles. The lowest BCUT2D eigenvalue weighted by atomic mass is 10.1. The Labute approximate surface area is 409 Å². The zero-order chi connectivity index (χ0) is 47.5. The van der Waals surface area contributed by atoms with Crippen molar-refractivity contribution in [2.75, 3.05) is 14.7 Å². The zero-order valence-corrected chi connectivity index (χ0v) is 40.3. The molecule has 10 aromatic carbocycles. The molecule has 0 fully saturated rings. The Hall–Kier alpha value is -8.28. The van der Waals surface area contributed by atoms with Crippen molar-refractivity contribution in [2.45, 2.75) is 19.6 Å². The molecule has 0 saturated carbocycles. The van der Waals surface area contributed by atoms with Crippen molar-refractivity contribution in [1.29, 1.82) is 0 Å². The van der Waals surface area contributed by atoms with E-state index in [-0.39, 0.29) is 19.6 Å². The van der Waals surface area contributed by atoms with Crippen LogP contribution in [0.1, 0.15) is 0 Å². The predicted molar refractivity (Wildman–Crippen MR) is 285 cm³/mol. The summed E-state index contributed by atoms with van der Waals surface area (Å²) in [6, 6.07) is 86.1. The Balaban J connectivity index is 1.19. The summed E-state index contributed by atoms with van der Waals surface area (Å²) in [4.78, 5) is 7.16. The lowest BCUT2D eigenvalue weighted by molar-refractivity contribution is 0.593. The monoisotopic (exact) mass is 961 g/mol. The first-order valence-corrected chi connectivity index (χ1v) is 28.0. The number of fused-ring (bicyclic) bond motifs is 4. The third-order valence-corrected chi connectivity index (χ3v) is 21.9. The molecule has 7 nitrogen and oxygen atoms in total. The van der Waals surface area contributed by atoms with Crippen LogP contribution in [0.15, 0.2) is 280 Å². The van der Waals surface area contributed by atoms with Gasteiger partial charge in [0.05, 0.1) is 42.3 Å². The van der Waals surface area contributed by atoms with Crippen LogP contribution in [0, 0.1) is 0 Å². The van der Waals surface area contributed by atoms with E-state index in [9.17, 15) is 16.8 Å². The molecule has 0 amide bonds. The largest absolute Gasteiger partial charge is 0.311 e. The average Bonchev–Trinajstić information content (AvgIpc) is 3.41. The second-order valence-electron chi connectivity index (χ2n) is 17.3. The number of hydrogen-bond donors (Lipinski definition) is 0. The Kier molecular flexibility index (Phi) is 10.5. The van der Waals surface area contributed by atoms with E-state index in [0.29, 0.717) is 34.1 Å². The standard InChI is InChI=1S/C60H43N3O4S2Si/c64-68(65)57-33-17-13-29-53(57)62(54-30-14-18-34-58(54)68)47-41-48(63-55-31-15-19-35-59(55)69(66,67)60-36-20-16-32-56(60)63)43-52(42-47)70(49-25-9-3-10-26-49,50-27-11-4-12-28-50)51-39-37-46(38-40-51)61(44-21-5-1-6-22-44)45-23-7-2-8-24-45/h1-43H. The number of rotatable bonds is 9. The Morgan fingerprint density at radius 3 is 0.929 bits per heavy atom. The molecule has 10 heteroatoms. The normalized spacial score (nSPS) is 14.1. The highest BCUT2D eigenvalue weighted by Crippen LogP contribution is 2.51.